The SMILES string of the molecule is CC(=O)OC[C@H]1O[C@H](c2ccc3cc(OS(=O)(=O)C(F)(F)F)ccc3c2)[C@@H](O)[C@@H](O)[C@@H]1C. The van der Waals surface area contributed by atoms with Gasteiger partial charge in [-0.1, -0.05) is 25.1 Å². The van der Waals surface area contributed by atoms with Crippen LogP contribution in [-0.2, 0) is 24.4 Å². The quantitative estimate of drug-likeness (QED) is 0.382. The summed E-state index contributed by atoms with van der Waals surface area (Å²) in [6, 6.07) is 8.12. The van der Waals surface area contributed by atoms with Crippen molar-refractivity contribution in [2.75, 3.05) is 6.61 Å². The van der Waals surface area contributed by atoms with Crippen LogP contribution in [0.25, 0.3) is 10.8 Å². The summed E-state index contributed by atoms with van der Waals surface area (Å²) in [7, 11) is -5.80. The molecule has 2 aromatic rings. The Kier molecular flexibility index (Phi) is 6.70. The molecule has 0 bridgehead atoms. The summed E-state index contributed by atoms with van der Waals surface area (Å²) in [5.74, 6) is -1.55. The molecule has 0 aromatic heterocycles. The van der Waals surface area contributed by atoms with E-state index in [1.807, 2.05) is 0 Å². The summed E-state index contributed by atoms with van der Waals surface area (Å²) in [4.78, 5) is 11.1. The van der Waals surface area contributed by atoms with Crippen molar-refractivity contribution >= 4 is 26.9 Å². The van der Waals surface area contributed by atoms with Crippen LogP contribution in [-0.4, -0.2) is 55.0 Å². The van der Waals surface area contributed by atoms with Crippen LogP contribution in [0.1, 0.15) is 25.5 Å². The molecular formula is C20H21F3O8S. The van der Waals surface area contributed by atoms with Gasteiger partial charge in [-0.15, -0.1) is 0 Å². The number of esters is 1. The van der Waals surface area contributed by atoms with Crippen molar-refractivity contribution in [2.45, 2.75) is 43.8 Å². The van der Waals surface area contributed by atoms with Crippen molar-refractivity contribution in [3.05, 3.63) is 42.0 Å². The van der Waals surface area contributed by atoms with Gasteiger partial charge in [0.1, 0.15) is 24.6 Å². The molecule has 32 heavy (non-hydrogen) atoms. The molecule has 5 atom stereocenters. The predicted molar refractivity (Wildman–Crippen MR) is 105 cm³/mol. The number of hydrogen-bond donors (Lipinski definition) is 2. The minimum atomic E-state index is -5.80. The number of halogens is 3. The van der Waals surface area contributed by atoms with Gasteiger partial charge in [-0.05, 0) is 34.5 Å². The standard InChI is InChI=1S/C20H21F3O8S/c1-10-16(9-29-11(2)24)30-19(18(26)17(10)25)14-4-3-13-8-15(6-5-12(13)7-14)31-32(27,28)20(21,22)23/h3-8,10,16-19,25-26H,9H2,1-2H3/t10-,16-,17+,18+,19-/m1/s1. The second kappa shape index (κ2) is 8.85. The smallest absolute Gasteiger partial charge is 0.463 e. The lowest BCUT2D eigenvalue weighted by atomic mass is 9.85. The molecule has 8 nitrogen and oxygen atoms in total. The monoisotopic (exact) mass is 478 g/mol. The van der Waals surface area contributed by atoms with Crippen LogP contribution in [0.2, 0.25) is 0 Å². The summed E-state index contributed by atoms with van der Waals surface area (Å²) in [5.41, 5.74) is -5.10. The van der Waals surface area contributed by atoms with Crippen molar-refractivity contribution in [1.29, 1.82) is 0 Å². The van der Waals surface area contributed by atoms with Gasteiger partial charge in [-0.2, -0.15) is 21.6 Å². The van der Waals surface area contributed by atoms with E-state index in [1.54, 1.807) is 13.0 Å². The van der Waals surface area contributed by atoms with Gasteiger partial charge in [0.2, 0.25) is 0 Å². The van der Waals surface area contributed by atoms with Gasteiger partial charge in [0.05, 0.1) is 12.2 Å². The molecule has 176 valence electrons. The molecule has 0 amide bonds. The molecule has 1 aliphatic rings. The van der Waals surface area contributed by atoms with Gasteiger partial charge in [-0.25, -0.2) is 0 Å². The van der Waals surface area contributed by atoms with Crippen molar-refractivity contribution in [1.82, 2.24) is 0 Å². The number of carbonyl (C=O) groups is 1. The van der Waals surface area contributed by atoms with Crippen LogP contribution in [0.4, 0.5) is 13.2 Å². The van der Waals surface area contributed by atoms with E-state index in [4.69, 9.17) is 9.47 Å². The van der Waals surface area contributed by atoms with Crippen molar-refractivity contribution in [3.63, 3.8) is 0 Å². The average Bonchev–Trinajstić information content (AvgIpc) is 2.70. The maximum absolute atomic E-state index is 12.5. The van der Waals surface area contributed by atoms with Gasteiger partial charge in [0.25, 0.3) is 0 Å². The number of carbonyl (C=O) groups excluding carboxylic acids is 1. The van der Waals surface area contributed by atoms with E-state index in [0.29, 0.717) is 16.3 Å². The molecule has 0 unspecified atom stereocenters. The number of aliphatic hydroxyl groups excluding tert-OH is 2. The third-order valence-electron chi connectivity index (χ3n) is 5.21. The first kappa shape index (κ1) is 24.2. The normalized spacial score (nSPS) is 26.7. The van der Waals surface area contributed by atoms with Crippen LogP contribution >= 0.6 is 0 Å². The summed E-state index contributed by atoms with van der Waals surface area (Å²) in [6.07, 6.45) is -4.09. The van der Waals surface area contributed by atoms with Crippen molar-refractivity contribution in [2.24, 2.45) is 5.92 Å². The third kappa shape index (κ3) is 4.98. The number of fused-ring (bicyclic) bond motifs is 1. The zero-order valence-corrected chi connectivity index (χ0v) is 17.8. The number of alkyl halides is 3. The fraction of sp³-hybridized carbons (Fsp3) is 0.450. The average molecular weight is 478 g/mol. The molecule has 3 rings (SSSR count). The van der Waals surface area contributed by atoms with Crippen LogP contribution in [0, 0.1) is 5.92 Å². The van der Waals surface area contributed by atoms with Gasteiger partial charge in [0, 0.05) is 12.8 Å². The molecule has 2 aromatic carbocycles. The summed E-state index contributed by atoms with van der Waals surface area (Å²) in [6.45, 7) is 2.77. The van der Waals surface area contributed by atoms with Crippen LogP contribution in [0.3, 0.4) is 0 Å². The zero-order chi connectivity index (χ0) is 23.8. The molecule has 0 aliphatic carbocycles. The number of aliphatic hydroxyl groups is 2. The summed E-state index contributed by atoms with van der Waals surface area (Å²) < 4.78 is 74.9. The van der Waals surface area contributed by atoms with E-state index >= 15 is 0 Å². The first-order chi connectivity index (χ1) is 14.8. The maximum Gasteiger partial charge on any atom is 0.534 e. The lowest BCUT2D eigenvalue weighted by Gasteiger charge is -2.41. The molecule has 1 aliphatic heterocycles. The summed E-state index contributed by atoms with van der Waals surface area (Å²) >= 11 is 0. The molecule has 1 fully saturated rings. The van der Waals surface area contributed by atoms with Gasteiger partial charge in [0.15, 0.2) is 0 Å². The maximum atomic E-state index is 12.5. The minimum absolute atomic E-state index is 0.112. The number of ether oxygens (including phenoxy) is 2. The highest BCUT2D eigenvalue weighted by molar-refractivity contribution is 7.88. The zero-order valence-electron chi connectivity index (χ0n) is 16.9. The van der Waals surface area contributed by atoms with Crippen molar-refractivity contribution < 1.29 is 50.3 Å². The molecule has 12 heteroatoms. The minimum Gasteiger partial charge on any atom is -0.463 e. The molecule has 0 saturated carbocycles. The van der Waals surface area contributed by atoms with E-state index in [2.05, 4.69) is 4.18 Å². The van der Waals surface area contributed by atoms with Crippen LogP contribution < -0.4 is 4.18 Å². The van der Waals surface area contributed by atoms with Crippen LogP contribution in [0.15, 0.2) is 36.4 Å². The fourth-order valence-electron chi connectivity index (χ4n) is 3.41. The Balaban J connectivity index is 1.86. The van der Waals surface area contributed by atoms with E-state index in [1.165, 1.54) is 25.1 Å². The van der Waals surface area contributed by atoms with E-state index in [0.717, 1.165) is 12.1 Å². The fourth-order valence-corrected chi connectivity index (χ4v) is 3.87. The second-order valence-electron chi connectivity index (χ2n) is 7.49. The van der Waals surface area contributed by atoms with Gasteiger partial charge < -0.3 is 23.9 Å². The largest absolute Gasteiger partial charge is 0.534 e. The number of rotatable bonds is 5. The number of benzene rings is 2. The predicted octanol–water partition coefficient (Wildman–Crippen LogP) is 2.43. The second-order valence-corrected chi connectivity index (χ2v) is 9.03. The summed E-state index contributed by atoms with van der Waals surface area (Å²) in [5, 5.41) is 21.8. The molecule has 2 N–H and O–H groups in total. The number of hydrogen-bond acceptors (Lipinski definition) is 8. The highest BCUT2D eigenvalue weighted by atomic mass is 32.2. The Hall–Kier alpha value is -2.41. The Morgan fingerprint density at radius 1 is 1.09 bits per heavy atom. The Morgan fingerprint density at radius 3 is 2.34 bits per heavy atom. The molecule has 0 spiro atoms. The molecule has 1 heterocycles. The first-order valence-corrected chi connectivity index (χ1v) is 10.9. The van der Waals surface area contributed by atoms with Gasteiger partial charge >= 0.3 is 21.6 Å². The Labute approximate surface area is 181 Å². The molecule has 1 saturated heterocycles. The highest BCUT2D eigenvalue weighted by Crippen LogP contribution is 2.37. The van der Waals surface area contributed by atoms with E-state index < -0.39 is 57.7 Å². The first-order valence-electron chi connectivity index (χ1n) is 9.49. The third-order valence-corrected chi connectivity index (χ3v) is 6.19. The Morgan fingerprint density at radius 2 is 1.72 bits per heavy atom. The topological polar surface area (TPSA) is 119 Å². The molecule has 0 radical (unpaired) electrons. The van der Waals surface area contributed by atoms with Gasteiger partial charge in [-0.3, -0.25) is 4.79 Å². The van der Waals surface area contributed by atoms with Crippen molar-refractivity contribution in [3.8, 4) is 5.75 Å². The highest BCUT2D eigenvalue weighted by Gasteiger charge is 2.48. The van der Waals surface area contributed by atoms with Crippen LogP contribution in [0.5, 0.6) is 5.75 Å². The van der Waals surface area contributed by atoms with E-state index in [-0.39, 0.29) is 6.61 Å². The Bertz CT molecular complexity index is 1100. The van der Waals surface area contributed by atoms with E-state index in [9.17, 15) is 36.6 Å². The molecular weight excluding hydrogens is 457 g/mol. The lowest BCUT2D eigenvalue weighted by molar-refractivity contribution is -0.211. The lowest BCUT2D eigenvalue weighted by Crippen LogP contribution is -2.51.